The average Bonchev–Trinajstić information content (AvgIpc) is 2.98. The molecule has 0 unspecified atom stereocenters. The summed E-state index contributed by atoms with van der Waals surface area (Å²) in [5.41, 5.74) is 1.79. The number of allylic oxidation sites excluding steroid dienone is 1. The maximum Gasteiger partial charge on any atom is 0.231 e. The summed E-state index contributed by atoms with van der Waals surface area (Å²) in [6.45, 7) is 0.0963. The van der Waals surface area contributed by atoms with E-state index < -0.39 is 0 Å². The van der Waals surface area contributed by atoms with Crippen LogP contribution in [0.15, 0.2) is 77.0 Å². The first-order valence-corrected chi connectivity index (χ1v) is 9.10. The molecule has 27 heavy (non-hydrogen) atoms. The Morgan fingerprint density at radius 2 is 1.81 bits per heavy atom. The lowest BCUT2D eigenvalue weighted by atomic mass is 10.1. The molecule has 0 aromatic heterocycles. The molecule has 0 saturated carbocycles. The van der Waals surface area contributed by atoms with Crippen molar-refractivity contribution >= 4 is 27.8 Å². The summed E-state index contributed by atoms with van der Waals surface area (Å²) >= 11 is 3.46. The van der Waals surface area contributed by atoms with Gasteiger partial charge in [0.2, 0.25) is 5.78 Å². The SMILES string of the molecule is O=C1/C(=C/c2ccccc2Br)Oc2cc(OCc3ccccc3F)ccc21. The lowest BCUT2D eigenvalue weighted by molar-refractivity contribution is 0.101. The zero-order chi connectivity index (χ0) is 18.8. The van der Waals surface area contributed by atoms with Crippen LogP contribution in [-0.4, -0.2) is 5.78 Å². The zero-order valence-corrected chi connectivity index (χ0v) is 15.7. The smallest absolute Gasteiger partial charge is 0.231 e. The first-order chi connectivity index (χ1) is 13.1. The van der Waals surface area contributed by atoms with Gasteiger partial charge in [0.15, 0.2) is 5.76 Å². The van der Waals surface area contributed by atoms with Gasteiger partial charge in [-0.05, 0) is 35.9 Å². The minimum atomic E-state index is -0.316. The Bertz CT molecular complexity index is 1060. The van der Waals surface area contributed by atoms with Gasteiger partial charge < -0.3 is 9.47 Å². The van der Waals surface area contributed by atoms with Gasteiger partial charge in [0.05, 0.1) is 5.56 Å². The molecule has 4 rings (SSSR count). The van der Waals surface area contributed by atoms with Crippen LogP contribution in [-0.2, 0) is 6.61 Å². The molecule has 3 nitrogen and oxygen atoms in total. The van der Waals surface area contributed by atoms with E-state index in [2.05, 4.69) is 15.9 Å². The molecular weight excluding hydrogens is 411 g/mol. The standard InChI is InChI=1S/C22H14BrFO3/c23-18-7-3-1-5-14(18)11-21-22(25)17-10-9-16(12-20(17)27-21)26-13-15-6-2-4-8-19(15)24/h1-12H,13H2/b21-11-. The molecule has 3 aromatic carbocycles. The van der Waals surface area contributed by atoms with Gasteiger partial charge >= 0.3 is 0 Å². The maximum atomic E-state index is 13.7. The summed E-state index contributed by atoms with van der Waals surface area (Å²) in [4.78, 5) is 12.5. The van der Waals surface area contributed by atoms with Crippen molar-refractivity contribution in [2.24, 2.45) is 0 Å². The van der Waals surface area contributed by atoms with Gasteiger partial charge in [-0.2, -0.15) is 0 Å². The molecule has 0 radical (unpaired) electrons. The fraction of sp³-hybridized carbons (Fsp3) is 0.0455. The second-order valence-electron chi connectivity index (χ2n) is 6.00. The number of rotatable bonds is 4. The van der Waals surface area contributed by atoms with Gasteiger partial charge in [-0.1, -0.05) is 52.3 Å². The lowest BCUT2D eigenvalue weighted by Gasteiger charge is -2.08. The highest BCUT2D eigenvalue weighted by molar-refractivity contribution is 9.10. The number of hydrogen-bond acceptors (Lipinski definition) is 3. The summed E-state index contributed by atoms with van der Waals surface area (Å²) in [7, 11) is 0. The van der Waals surface area contributed by atoms with Crippen molar-refractivity contribution in [1.29, 1.82) is 0 Å². The quantitative estimate of drug-likeness (QED) is 0.497. The van der Waals surface area contributed by atoms with E-state index in [0.717, 1.165) is 10.0 Å². The number of fused-ring (bicyclic) bond motifs is 1. The second-order valence-corrected chi connectivity index (χ2v) is 6.85. The molecule has 1 heterocycles. The van der Waals surface area contributed by atoms with E-state index in [9.17, 15) is 9.18 Å². The fourth-order valence-electron chi connectivity index (χ4n) is 2.77. The summed E-state index contributed by atoms with van der Waals surface area (Å²) in [5.74, 6) is 0.699. The highest BCUT2D eigenvalue weighted by atomic mass is 79.9. The van der Waals surface area contributed by atoms with E-state index >= 15 is 0 Å². The molecule has 1 aliphatic rings. The molecule has 5 heteroatoms. The minimum Gasteiger partial charge on any atom is -0.489 e. The molecule has 3 aromatic rings. The van der Waals surface area contributed by atoms with Gasteiger partial charge in [-0.15, -0.1) is 0 Å². The Hall–Kier alpha value is -2.92. The molecule has 0 fully saturated rings. The Morgan fingerprint density at radius 3 is 2.63 bits per heavy atom. The normalized spacial score (nSPS) is 14.1. The van der Waals surface area contributed by atoms with Gasteiger partial charge in [0.25, 0.3) is 0 Å². The van der Waals surface area contributed by atoms with Crippen molar-refractivity contribution in [3.8, 4) is 11.5 Å². The third kappa shape index (κ3) is 3.64. The van der Waals surface area contributed by atoms with Crippen LogP contribution in [0.2, 0.25) is 0 Å². The molecule has 134 valence electrons. The number of carbonyl (C=O) groups is 1. The van der Waals surface area contributed by atoms with Crippen LogP contribution in [0.25, 0.3) is 6.08 Å². The van der Waals surface area contributed by atoms with E-state index in [1.54, 1.807) is 42.5 Å². The van der Waals surface area contributed by atoms with Crippen molar-refractivity contribution in [2.75, 3.05) is 0 Å². The van der Waals surface area contributed by atoms with E-state index in [4.69, 9.17) is 9.47 Å². The summed E-state index contributed by atoms with van der Waals surface area (Å²) in [6.07, 6.45) is 1.70. The van der Waals surface area contributed by atoms with Crippen molar-refractivity contribution < 1.29 is 18.7 Å². The number of hydrogen-bond donors (Lipinski definition) is 0. The highest BCUT2D eigenvalue weighted by Crippen LogP contribution is 2.35. The average molecular weight is 425 g/mol. The largest absolute Gasteiger partial charge is 0.489 e. The zero-order valence-electron chi connectivity index (χ0n) is 14.1. The van der Waals surface area contributed by atoms with E-state index in [0.29, 0.717) is 22.6 Å². The van der Waals surface area contributed by atoms with Gasteiger partial charge in [0.1, 0.15) is 23.9 Å². The number of carbonyl (C=O) groups excluding carboxylic acids is 1. The third-order valence-electron chi connectivity index (χ3n) is 4.19. The van der Waals surface area contributed by atoms with Gasteiger partial charge in [-0.25, -0.2) is 4.39 Å². The Morgan fingerprint density at radius 1 is 1.04 bits per heavy atom. The molecule has 0 amide bonds. The summed E-state index contributed by atoms with van der Waals surface area (Å²) in [5, 5.41) is 0. The number of ketones is 1. The fourth-order valence-corrected chi connectivity index (χ4v) is 3.17. The first-order valence-electron chi connectivity index (χ1n) is 8.31. The van der Waals surface area contributed by atoms with Gasteiger partial charge in [-0.3, -0.25) is 4.79 Å². The van der Waals surface area contributed by atoms with Crippen LogP contribution in [0.3, 0.4) is 0 Å². The topological polar surface area (TPSA) is 35.5 Å². The number of Topliss-reactive ketones (excluding diaryl/α,β-unsaturated/α-hetero) is 1. The van der Waals surface area contributed by atoms with E-state index in [1.807, 2.05) is 24.3 Å². The first kappa shape index (κ1) is 17.5. The Kier molecular flexibility index (Phi) is 4.77. The predicted octanol–water partition coefficient (Wildman–Crippen LogP) is 5.78. The third-order valence-corrected chi connectivity index (χ3v) is 4.91. The molecule has 0 atom stereocenters. The maximum absolute atomic E-state index is 13.7. The number of benzene rings is 3. The van der Waals surface area contributed by atoms with E-state index in [1.165, 1.54) is 6.07 Å². The predicted molar refractivity (Wildman–Crippen MR) is 104 cm³/mol. The van der Waals surface area contributed by atoms with Crippen LogP contribution in [0.1, 0.15) is 21.5 Å². The summed E-state index contributed by atoms with van der Waals surface area (Å²) in [6, 6.07) is 19.0. The van der Waals surface area contributed by atoms with E-state index in [-0.39, 0.29) is 24.0 Å². The Balaban J connectivity index is 1.54. The molecule has 0 spiro atoms. The monoisotopic (exact) mass is 424 g/mol. The number of ether oxygens (including phenoxy) is 2. The Labute approximate surface area is 164 Å². The summed E-state index contributed by atoms with van der Waals surface area (Å²) < 4.78 is 25.9. The van der Waals surface area contributed by atoms with Crippen molar-refractivity contribution in [3.63, 3.8) is 0 Å². The highest BCUT2D eigenvalue weighted by Gasteiger charge is 2.28. The number of halogens is 2. The van der Waals surface area contributed by atoms with Crippen molar-refractivity contribution in [2.45, 2.75) is 6.61 Å². The van der Waals surface area contributed by atoms with Crippen LogP contribution >= 0.6 is 15.9 Å². The van der Waals surface area contributed by atoms with Crippen molar-refractivity contribution in [3.05, 3.63) is 99.5 Å². The van der Waals surface area contributed by atoms with Crippen LogP contribution in [0.5, 0.6) is 11.5 Å². The second kappa shape index (κ2) is 7.37. The molecule has 0 bridgehead atoms. The molecule has 1 aliphatic heterocycles. The molecular formula is C22H14BrFO3. The minimum absolute atomic E-state index is 0.0963. The van der Waals surface area contributed by atoms with Crippen LogP contribution in [0, 0.1) is 5.82 Å². The van der Waals surface area contributed by atoms with Crippen LogP contribution in [0.4, 0.5) is 4.39 Å². The molecule has 0 aliphatic carbocycles. The van der Waals surface area contributed by atoms with Crippen LogP contribution < -0.4 is 9.47 Å². The molecule has 0 N–H and O–H groups in total. The van der Waals surface area contributed by atoms with Gasteiger partial charge in [0, 0.05) is 16.1 Å². The van der Waals surface area contributed by atoms with Crippen molar-refractivity contribution in [1.82, 2.24) is 0 Å². The molecule has 0 saturated heterocycles. The lowest BCUT2D eigenvalue weighted by Crippen LogP contribution is -1.98.